The Morgan fingerprint density at radius 2 is 2.14 bits per heavy atom. The van der Waals surface area contributed by atoms with E-state index in [4.69, 9.17) is 0 Å². The third-order valence-corrected chi connectivity index (χ3v) is 7.41. The molecule has 0 saturated heterocycles. The SMILES string of the molecule is CC(NS(=O)(=O)c1cccs1)C(=O)N(C)Cc1ccc(Br)s1. The Balaban J connectivity index is 1.99. The monoisotopic (exact) mass is 422 g/mol. The van der Waals surface area contributed by atoms with E-state index < -0.39 is 16.1 Å². The van der Waals surface area contributed by atoms with E-state index in [1.807, 2.05) is 12.1 Å². The van der Waals surface area contributed by atoms with Crippen LogP contribution in [-0.4, -0.2) is 32.3 Å². The quantitative estimate of drug-likeness (QED) is 0.777. The summed E-state index contributed by atoms with van der Waals surface area (Å²) >= 11 is 6.03. The molecule has 0 fully saturated rings. The number of thiophene rings is 2. The Morgan fingerprint density at radius 3 is 2.68 bits per heavy atom. The van der Waals surface area contributed by atoms with Crippen LogP contribution in [0.5, 0.6) is 0 Å². The predicted molar refractivity (Wildman–Crippen MR) is 92.6 cm³/mol. The molecule has 0 radical (unpaired) electrons. The molecule has 1 N–H and O–H groups in total. The average molecular weight is 423 g/mol. The molecule has 2 rings (SSSR count). The van der Waals surface area contributed by atoms with Gasteiger partial charge in [0.05, 0.1) is 16.4 Å². The van der Waals surface area contributed by atoms with Crippen LogP contribution in [0.25, 0.3) is 0 Å². The third-order valence-electron chi connectivity index (χ3n) is 2.86. The second kappa shape index (κ2) is 7.22. The van der Waals surface area contributed by atoms with Crippen molar-refractivity contribution in [1.82, 2.24) is 9.62 Å². The van der Waals surface area contributed by atoms with Gasteiger partial charge in [0.1, 0.15) is 4.21 Å². The van der Waals surface area contributed by atoms with Crippen molar-refractivity contribution in [3.8, 4) is 0 Å². The lowest BCUT2D eigenvalue weighted by Gasteiger charge is -2.21. The molecule has 5 nitrogen and oxygen atoms in total. The summed E-state index contributed by atoms with van der Waals surface area (Å²) in [6.07, 6.45) is 0. The zero-order valence-corrected chi connectivity index (χ0v) is 16.0. The number of hydrogen-bond acceptors (Lipinski definition) is 5. The maximum Gasteiger partial charge on any atom is 0.250 e. The molecule has 2 aromatic heterocycles. The summed E-state index contributed by atoms with van der Waals surface area (Å²) in [7, 11) is -1.99. The van der Waals surface area contributed by atoms with Crippen molar-refractivity contribution in [2.45, 2.75) is 23.7 Å². The van der Waals surface area contributed by atoms with E-state index in [0.717, 1.165) is 20.0 Å². The predicted octanol–water partition coefficient (Wildman–Crippen LogP) is 2.90. The molecule has 0 bridgehead atoms. The van der Waals surface area contributed by atoms with Gasteiger partial charge in [-0.05, 0) is 46.4 Å². The van der Waals surface area contributed by atoms with Crippen LogP contribution in [0.3, 0.4) is 0 Å². The van der Waals surface area contributed by atoms with Crippen molar-refractivity contribution in [2.24, 2.45) is 0 Å². The average Bonchev–Trinajstić information content (AvgIpc) is 3.09. The first-order chi connectivity index (χ1) is 10.3. The molecule has 1 unspecified atom stereocenters. The Bertz CT molecular complexity index is 740. The maximum atomic E-state index is 12.3. The molecule has 0 aliphatic carbocycles. The number of nitrogens with zero attached hydrogens (tertiary/aromatic N) is 1. The summed E-state index contributed by atoms with van der Waals surface area (Å²) in [5, 5.41) is 1.68. The van der Waals surface area contributed by atoms with E-state index in [1.54, 1.807) is 36.8 Å². The van der Waals surface area contributed by atoms with Crippen LogP contribution < -0.4 is 4.72 Å². The minimum Gasteiger partial charge on any atom is -0.339 e. The molecule has 1 atom stereocenters. The van der Waals surface area contributed by atoms with Crippen molar-refractivity contribution >= 4 is 54.5 Å². The second-order valence-corrected chi connectivity index (χ2v) is 10.1. The molecule has 0 spiro atoms. The van der Waals surface area contributed by atoms with Gasteiger partial charge >= 0.3 is 0 Å². The van der Waals surface area contributed by atoms with Gasteiger partial charge < -0.3 is 4.90 Å². The van der Waals surface area contributed by atoms with Crippen LogP contribution in [0.15, 0.2) is 37.6 Å². The molecular weight excluding hydrogens is 408 g/mol. The zero-order chi connectivity index (χ0) is 16.3. The lowest BCUT2D eigenvalue weighted by atomic mass is 10.3. The van der Waals surface area contributed by atoms with Gasteiger partial charge in [0, 0.05) is 11.9 Å². The molecule has 120 valence electrons. The first kappa shape index (κ1) is 17.6. The van der Waals surface area contributed by atoms with Gasteiger partial charge in [-0.2, -0.15) is 4.72 Å². The topological polar surface area (TPSA) is 66.5 Å². The van der Waals surface area contributed by atoms with Crippen LogP contribution in [0.1, 0.15) is 11.8 Å². The number of carbonyl (C=O) groups excluding carboxylic acids is 1. The number of sulfonamides is 1. The van der Waals surface area contributed by atoms with E-state index >= 15 is 0 Å². The molecule has 2 aromatic rings. The number of halogens is 1. The summed E-state index contributed by atoms with van der Waals surface area (Å²) in [4.78, 5) is 14.8. The van der Waals surface area contributed by atoms with Crippen LogP contribution in [0.4, 0.5) is 0 Å². The molecule has 0 aromatic carbocycles. The molecule has 0 aliphatic rings. The Hall–Kier alpha value is -0.740. The fourth-order valence-electron chi connectivity index (χ4n) is 1.84. The molecule has 22 heavy (non-hydrogen) atoms. The minimum absolute atomic E-state index is 0.206. The summed E-state index contributed by atoms with van der Waals surface area (Å²) in [6.45, 7) is 1.99. The van der Waals surface area contributed by atoms with E-state index in [2.05, 4.69) is 20.7 Å². The normalized spacial score (nSPS) is 13.0. The van der Waals surface area contributed by atoms with E-state index in [0.29, 0.717) is 6.54 Å². The largest absolute Gasteiger partial charge is 0.339 e. The van der Waals surface area contributed by atoms with Crippen molar-refractivity contribution < 1.29 is 13.2 Å². The lowest BCUT2D eigenvalue weighted by Crippen LogP contribution is -2.44. The number of hydrogen-bond donors (Lipinski definition) is 1. The van der Waals surface area contributed by atoms with E-state index in [1.165, 1.54) is 11.0 Å². The van der Waals surface area contributed by atoms with E-state index in [9.17, 15) is 13.2 Å². The van der Waals surface area contributed by atoms with Crippen LogP contribution in [-0.2, 0) is 21.4 Å². The van der Waals surface area contributed by atoms with Gasteiger partial charge in [-0.15, -0.1) is 22.7 Å². The molecule has 1 amide bonds. The lowest BCUT2D eigenvalue weighted by molar-refractivity contribution is -0.131. The standard InChI is InChI=1S/C13H15BrN2O3S3/c1-9(15-22(18,19)12-4-3-7-20-12)13(17)16(2)8-10-5-6-11(14)21-10/h3-7,9,15H,8H2,1-2H3. The van der Waals surface area contributed by atoms with Crippen molar-refractivity contribution in [1.29, 1.82) is 0 Å². The number of amides is 1. The molecule has 2 heterocycles. The molecular formula is C13H15BrN2O3S3. The highest BCUT2D eigenvalue weighted by Crippen LogP contribution is 2.23. The molecule has 9 heteroatoms. The zero-order valence-electron chi connectivity index (χ0n) is 11.9. The second-order valence-electron chi connectivity index (χ2n) is 4.68. The van der Waals surface area contributed by atoms with Crippen LogP contribution in [0, 0.1) is 0 Å². The van der Waals surface area contributed by atoms with Crippen LogP contribution in [0.2, 0.25) is 0 Å². The number of rotatable bonds is 6. The van der Waals surface area contributed by atoms with Gasteiger partial charge in [0.15, 0.2) is 0 Å². The number of carbonyl (C=O) groups is 1. The summed E-state index contributed by atoms with van der Waals surface area (Å²) in [6, 6.07) is 6.20. The number of nitrogens with one attached hydrogen (secondary N) is 1. The fraction of sp³-hybridized carbons (Fsp3) is 0.308. The number of likely N-dealkylation sites (N-methyl/N-ethyl adjacent to an activating group) is 1. The van der Waals surface area contributed by atoms with Gasteiger partial charge in [-0.25, -0.2) is 8.42 Å². The first-order valence-corrected chi connectivity index (χ1v) is 10.3. The van der Waals surface area contributed by atoms with Gasteiger partial charge in [0.2, 0.25) is 5.91 Å². The summed E-state index contributed by atoms with van der Waals surface area (Å²) in [5.41, 5.74) is 0. The highest BCUT2D eigenvalue weighted by Gasteiger charge is 2.25. The third kappa shape index (κ3) is 4.39. The molecule has 0 aliphatic heterocycles. The highest BCUT2D eigenvalue weighted by molar-refractivity contribution is 9.11. The van der Waals surface area contributed by atoms with Crippen molar-refractivity contribution in [2.75, 3.05) is 7.05 Å². The highest BCUT2D eigenvalue weighted by atomic mass is 79.9. The van der Waals surface area contributed by atoms with Gasteiger partial charge in [-0.1, -0.05) is 6.07 Å². The van der Waals surface area contributed by atoms with Crippen molar-refractivity contribution in [3.05, 3.63) is 38.3 Å². The Labute approximate surface area is 146 Å². The van der Waals surface area contributed by atoms with Gasteiger partial charge in [0.25, 0.3) is 10.0 Å². The smallest absolute Gasteiger partial charge is 0.250 e. The van der Waals surface area contributed by atoms with Gasteiger partial charge in [-0.3, -0.25) is 4.79 Å². The fourth-order valence-corrected chi connectivity index (χ4v) is 5.58. The minimum atomic E-state index is -3.65. The molecule has 0 saturated carbocycles. The van der Waals surface area contributed by atoms with Crippen molar-refractivity contribution in [3.63, 3.8) is 0 Å². The van der Waals surface area contributed by atoms with Crippen LogP contribution >= 0.6 is 38.6 Å². The Morgan fingerprint density at radius 1 is 1.41 bits per heavy atom. The summed E-state index contributed by atoms with van der Waals surface area (Å²) in [5.74, 6) is -0.273. The summed E-state index contributed by atoms with van der Waals surface area (Å²) < 4.78 is 27.9. The first-order valence-electron chi connectivity index (χ1n) is 6.34. The maximum absolute atomic E-state index is 12.3. The van der Waals surface area contributed by atoms with E-state index in [-0.39, 0.29) is 10.1 Å². The Kier molecular flexibility index (Phi) is 5.78.